The summed E-state index contributed by atoms with van der Waals surface area (Å²) in [5, 5.41) is 12.7. The molecule has 25 heavy (non-hydrogen) atoms. The first kappa shape index (κ1) is 15.5. The van der Waals surface area contributed by atoms with Gasteiger partial charge in [0, 0.05) is 28.0 Å². The first-order valence-corrected chi connectivity index (χ1v) is 8.53. The molecule has 0 aliphatic carbocycles. The number of thiazole rings is 1. The van der Waals surface area contributed by atoms with Crippen LogP contribution in [0.4, 0.5) is 15.2 Å². The maximum absolute atomic E-state index is 13.0. The molecule has 0 saturated heterocycles. The van der Waals surface area contributed by atoms with Crippen LogP contribution in [0.3, 0.4) is 0 Å². The number of anilines is 2. The van der Waals surface area contributed by atoms with Crippen LogP contribution in [0.15, 0.2) is 42.0 Å². The molecular formula is C17H15FN6S. The van der Waals surface area contributed by atoms with E-state index in [1.165, 1.54) is 29.8 Å². The van der Waals surface area contributed by atoms with Crippen molar-refractivity contribution < 1.29 is 4.39 Å². The third-order valence-electron chi connectivity index (χ3n) is 3.92. The highest BCUT2D eigenvalue weighted by Crippen LogP contribution is 2.31. The molecule has 6 nitrogen and oxygen atoms in total. The van der Waals surface area contributed by atoms with Gasteiger partial charge in [-0.25, -0.2) is 14.5 Å². The standard InChI is InChI=1S/C17H15FN6S/c1-10-7-14(11(2)24(10)16-19-9-20-23-16)15-8-25-17(22-15)21-13-5-3-12(18)4-6-13/h3-9H,1-2H3,(H,21,22)(H,19,20,23). The number of aromatic nitrogens is 5. The van der Waals surface area contributed by atoms with Crippen LogP contribution in [0.25, 0.3) is 17.2 Å². The SMILES string of the molecule is Cc1cc(-c2csc(Nc3ccc(F)cc3)n2)c(C)n1-c1ncn[nH]1. The van der Waals surface area contributed by atoms with Gasteiger partial charge in [-0.3, -0.25) is 4.57 Å². The summed E-state index contributed by atoms with van der Waals surface area (Å²) in [4.78, 5) is 8.87. The van der Waals surface area contributed by atoms with Crippen LogP contribution >= 0.6 is 11.3 Å². The molecule has 4 rings (SSSR count). The molecule has 0 bridgehead atoms. The fourth-order valence-electron chi connectivity index (χ4n) is 2.77. The van der Waals surface area contributed by atoms with Crippen LogP contribution in [0.2, 0.25) is 0 Å². The molecule has 0 unspecified atom stereocenters. The second-order valence-corrected chi connectivity index (χ2v) is 6.46. The van der Waals surface area contributed by atoms with Crippen molar-refractivity contribution in [3.63, 3.8) is 0 Å². The van der Waals surface area contributed by atoms with Gasteiger partial charge < -0.3 is 5.32 Å². The fraction of sp³-hybridized carbons (Fsp3) is 0.118. The first-order valence-electron chi connectivity index (χ1n) is 7.65. The Labute approximate surface area is 147 Å². The van der Waals surface area contributed by atoms with E-state index in [0.717, 1.165) is 33.5 Å². The maximum atomic E-state index is 13.0. The van der Waals surface area contributed by atoms with Gasteiger partial charge in [-0.15, -0.1) is 11.3 Å². The zero-order valence-electron chi connectivity index (χ0n) is 13.6. The molecule has 4 aromatic rings. The van der Waals surface area contributed by atoms with Crippen molar-refractivity contribution in [1.29, 1.82) is 0 Å². The van der Waals surface area contributed by atoms with Gasteiger partial charge >= 0.3 is 0 Å². The van der Waals surface area contributed by atoms with Crippen LogP contribution < -0.4 is 5.32 Å². The molecule has 1 aromatic carbocycles. The monoisotopic (exact) mass is 354 g/mol. The van der Waals surface area contributed by atoms with E-state index in [4.69, 9.17) is 0 Å². The number of hydrogen-bond acceptors (Lipinski definition) is 5. The molecule has 3 heterocycles. The summed E-state index contributed by atoms with van der Waals surface area (Å²) in [5.74, 6) is 0.423. The summed E-state index contributed by atoms with van der Waals surface area (Å²) in [6, 6.07) is 8.29. The van der Waals surface area contributed by atoms with Gasteiger partial charge in [-0.1, -0.05) is 0 Å². The van der Waals surface area contributed by atoms with E-state index in [-0.39, 0.29) is 5.82 Å². The minimum Gasteiger partial charge on any atom is -0.332 e. The molecule has 0 amide bonds. The van der Waals surface area contributed by atoms with Crippen molar-refractivity contribution in [3.8, 4) is 17.2 Å². The smallest absolute Gasteiger partial charge is 0.229 e. The van der Waals surface area contributed by atoms with Crippen LogP contribution in [0.1, 0.15) is 11.4 Å². The van der Waals surface area contributed by atoms with Gasteiger partial charge in [-0.2, -0.15) is 10.1 Å². The number of halogens is 1. The Balaban J connectivity index is 1.64. The van der Waals surface area contributed by atoms with Crippen LogP contribution in [0, 0.1) is 19.7 Å². The Morgan fingerprint density at radius 1 is 1.20 bits per heavy atom. The van der Waals surface area contributed by atoms with Crippen LogP contribution in [-0.4, -0.2) is 24.7 Å². The predicted molar refractivity (Wildman–Crippen MR) is 96.0 cm³/mol. The molecule has 0 saturated carbocycles. The molecule has 0 atom stereocenters. The van der Waals surface area contributed by atoms with Crippen molar-refractivity contribution in [2.75, 3.05) is 5.32 Å². The summed E-state index contributed by atoms with van der Waals surface area (Å²) in [7, 11) is 0. The lowest BCUT2D eigenvalue weighted by atomic mass is 10.2. The van der Waals surface area contributed by atoms with Gasteiger partial charge in [0.15, 0.2) is 5.13 Å². The van der Waals surface area contributed by atoms with Crippen molar-refractivity contribution in [1.82, 2.24) is 24.7 Å². The average molecular weight is 354 g/mol. The summed E-state index contributed by atoms with van der Waals surface area (Å²) in [5.41, 5.74) is 4.80. The topological polar surface area (TPSA) is 71.4 Å². The lowest BCUT2D eigenvalue weighted by Crippen LogP contribution is -2.01. The maximum Gasteiger partial charge on any atom is 0.229 e. The number of aromatic amines is 1. The van der Waals surface area contributed by atoms with E-state index >= 15 is 0 Å². The minimum atomic E-state index is -0.259. The van der Waals surface area contributed by atoms with Crippen molar-refractivity contribution in [2.45, 2.75) is 13.8 Å². The molecule has 0 spiro atoms. The lowest BCUT2D eigenvalue weighted by Gasteiger charge is -2.04. The summed E-state index contributed by atoms with van der Waals surface area (Å²) in [6.45, 7) is 4.04. The highest BCUT2D eigenvalue weighted by molar-refractivity contribution is 7.14. The van der Waals surface area contributed by atoms with Crippen molar-refractivity contribution >= 4 is 22.2 Å². The average Bonchev–Trinajstić information content (AvgIpc) is 3.31. The summed E-state index contributed by atoms with van der Waals surface area (Å²) >= 11 is 1.50. The Bertz CT molecular complexity index is 1000. The fourth-order valence-corrected chi connectivity index (χ4v) is 3.50. The number of nitrogens with zero attached hydrogens (tertiary/aromatic N) is 4. The molecular weight excluding hydrogens is 339 g/mol. The molecule has 0 aliphatic rings. The number of nitrogens with one attached hydrogen (secondary N) is 2. The molecule has 0 radical (unpaired) electrons. The normalized spacial score (nSPS) is 11.0. The van der Waals surface area contributed by atoms with E-state index in [1.54, 1.807) is 12.1 Å². The van der Waals surface area contributed by atoms with E-state index in [2.05, 4.69) is 31.5 Å². The van der Waals surface area contributed by atoms with Crippen LogP contribution in [0.5, 0.6) is 0 Å². The molecule has 2 N–H and O–H groups in total. The molecule has 0 fully saturated rings. The second-order valence-electron chi connectivity index (χ2n) is 5.60. The number of benzene rings is 1. The highest BCUT2D eigenvalue weighted by Gasteiger charge is 2.16. The zero-order valence-corrected chi connectivity index (χ0v) is 14.4. The second kappa shape index (κ2) is 6.14. The predicted octanol–water partition coefficient (Wildman–Crippen LogP) is 4.22. The highest BCUT2D eigenvalue weighted by atomic mass is 32.1. The third-order valence-corrected chi connectivity index (χ3v) is 4.68. The van der Waals surface area contributed by atoms with Gasteiger partial charge in [0.25, 0.3) is 0 Å². The molecule has 0 aliphatic heterocycles. The Kier molecular flexibility index (Phi) is 3.81. The Morgan fingerprint density at radius 2 is 2.00 bits per heavy atom. The number of hydrogen-bond donors (Lipinski definition) is 2. The Hall–Kier alpha value is -3.00. The lowest BCUT2D eigenvalue weighted by molar-refractivity contribution is 0.628. The third kappa shape index (κ3) is 2.91. The van der Waals surface area contributed by atoms with E-state index in [9.17, 15) is 4.39 Å². The largest absolute Gasteiger partial charge is 0.332 e. The van der Waals surface area contributed by atoms with E-state index < -0.39 is 0 Å². The molecule has 3 aromatic heterocycles. The van der Waals surface area contributed by atoms with Crippen molar-refractivity contribution in [2.24, 2.45) is 0 Å². The first-order chi connectivity index (χ1) is 12.1. The van der Waals surface area contributed by atoms with Gasteiger partial charge in [0.05, 0.1) is 5.69 Å². The minimum absolute atomic E-state index is 0.259. The van der Waals surface area contributed by atoms with E-state index in [0.29, 0.717) is 5.95 Å². The van der Waals surface area contributed by atoms with Crippen molar-refractivity contribution in [3.05, 3.63) is 59.2 Å². The van der Waals surface area contributed by atoms with Crippen LogP contribution in [-0.2, 0) is 0 Å². The number of H-pyrrole nitrogens is 1. The quantitative estimate of drug-likeness (QED) is 0.576. The molecule has 8 heteroatoms. The van der Waals surface area contributed by atoms with Gasteiger partial charge in [0.2, 0.25) is 5.95 Å². The summed E-state index contributed by atoms with van der Waals surface area (Å²) < 4.78 is 15.0. The van der Waals surface area contributed by atoms with Gasteiger partial charge in [0.1, 0.15) is 12.1 Å². The van der Waals surface area contributed by atoms with E-state index in [1.807, 2.05) is 23.8 Å². The number of rotatable bonds is 4. The number of aryl methyl sites for hydroxylation is 1. The summed E-state index contributed by atoms with van der Waals surface area (Å²) in [6.07, 6.45) is 1.49. The zero-order chi connectivity index (χ0) is 17.4. The molecule has 126 valence electrons. The Morgan fingerprint density at radius 3 is 2.72 bits per heavy atom. The van der Waals surface area contributed by atoms with Gasteiger partial charge in [-0.05, 0) is 44.2 Å².